The molecule has 9 nitrogen and oxygen atoms in total. The lowest BCUT2D eigenvalue weighted by atomic mass is 10.2. The zero-order chi connectivity index (χ0) is 16.9. The number of amides is 1. The molecule has 1 amide bonds. The molecule has 0 radical (unpaired) electrons. The number of carbonyl (C=O) groups is 1. The maximum Gasteiger partial charge on any atom is 0.287 e. The van der Waals surface area contributed by atoms with Gasteiger partial charge in [0.1, 0.15) is 0 Å². The number of rotatable bonds is 6. The van der Waals surface area contributed by atoms with E-state index in [4.69, 9.17) is 10.5 Å². The van der Waals surface area contributed by atoms with Crippen molar-refractivity contribution < 1.29 is 9.53 Å². The molecule has 0 aromatic carbocycles. The fourth-order valence-corrected chi connectivity index (χ4v) is 2.07. The second-order valence-electron chi connectivity index (χ2n) is 5.25. The number of nitrogen functional groups attached to an aromatic ring is 1. The molecule has 124 valence electrons. The zero-order valence-corrected chi connectivity index (χ0v) is 13.1. The van der Waals surface area contributed by atoms with Gasteiger partial charge in [-0.15, -0.1) is 0 Å². The molecule has 3 aromatic rings. The third-order valence-electron chi connectivity index (χ3n) is 3.32. The fourth-order valence-electron chi connectivity index (χ4n) is 2.07. The van der Waals surface area contributed by atoms with Crippen LogP contribution in [0.25, 0.3) is 11.2 Å². The van der Waals surface area contributed by atoms with E-state index in [1.165, 1.54) is 12.4 Å². The summed E-state index contributed by atoms with van der Waals surface area (Å²) in [6.07, 6.45) is 5.26. The van der Waals surface area contributed by atoms with Crippen LogP contribution >= 0.6 is 0 Å². The van der Waals surface area contributed by atoms with Crippen molar-refractivity contribution in [1.82, 2.24) is 30.2 Å². The van der Waals surface area contributed by atoms with Crippen molar-refractivity contribution in [2.75, 3.05) is 12.3 Å². The number of carbonyl (C=O) groups excluding carboxylic acids is 1. The number of hydrogen-bond donors (Lipinski definition) is 3. The molecule has 0 aliphatic heterocycles. The monoisotopic (exact) mass is 327 g/mol. The minimum absolute atomic E-state index is 0.0895. The third kappa shape index (κ3) is 3.75. The van der Waals surface area contributed by atoms with E-state index in [9.17, 15) is 4.79 Å². The number of imidazole rings is 1. The lowest BCUT2D eigenvalue weighted by Crippen LogP contribution is -2.34. The van der Waals surface area contributed by atoms with Crippen molar-refractivity contribution in [3.63, 3.8) is 0 Å². The van der Waals surface area contributed by atoms with Crippen LogP contribution in [-0.4, -0.2) is 43.5 Å². The number of pyridine rings is 1. The van der Waals surface area contributed by atoms with Crippen LogP contribution in [0.15, 0.2) is 30.7 Å². The summed E-state index contributed by atoms with van der Waals surface area (Å²) in [5.41, 5.74) is 6.64. The number of aromatic nitrogens is 5. The Morgan fingerprint density at radius 2 is 2.17 bits per heavy atom. The predicted molar refractivity (Wildman–Crippen MR) is 87.4 cm³/mol. The van der Waals surface area contributed by atoms with Gasteiger partial charge in [-0.3, -0.25) is 4.79 Å². The molecule has 0 fully saturated rings. The van der Waals surface area contributed by atoms with Gasteiger partial charge in [0.2, 0.25) is 5.95 Å². The highest BCUT2D eigenvalue weighted by molar-refractivity contribution is 5.93. The molecule has 3 aromatic heterocycles. The van der Waals surface area contributed by atoms with Gasteiger partial charge in [-0.2, -0.15) is 0 Å². The number of fused-ring (bicyclic) bond motifs is 1. The number of anilines is 1. The summed E-state index contributed by atoms with van der Waals surface area (Å²) in [6, 6.07) is 3.51. The van der Waals surface area contributed by atoms with Gasteiger partial charge in [0.05, 0.1) is 24.5 Å². The van der Waals surface area contributed by atoms with Crippen LogP contribution in [0.2, 0.25) is 0 Å². The van der Waals surface area contributed by atoms with Crippen molar-refractivity contribution in [2.24, 2.45) is 0 Å². The first-order valence-corrected chi connectivity index (χ1v) is 7.44. The van der Waals surface area contributed by atoms with Gasteiger partial charge < -0.3 is 20.8 Å². The largest absolute Gasteiger partial charge is 0.490 e. The first-order chi connectivity index (χ1) is 11.6. The van der Waals surface area contributed by atoms with E-state index in [0.717, 1.165) is 5.52 Å². The molecule has 0 saturated carbocycles. The van der Waals surface area contributed by atoms with Crippen molar-refractivity contribution in [3.8, 4) is 5.75 Å². The normalized spacial score (nSPS) is 12.0. The van der Waals surface area contributed by atoms with E-state index in [-0.39, 0.29) is 23.7 Å². The smallest absolute Gasteiger partial charge is 0.287 e. The van der Waals surface area contributed by atoms with Crippen LogP contribution in [0, 0.1) is 0 Å². The summed E-state index contributed by atoms with van der Waals surface area (Å²) < 4.78 is 5.50. The standard InChI is InChI=1S/C15H17N7O2/c1-9(4-6-24-10-7-18-15(16)19-8-10)20-14(23)13-21-11-3-2-5-17-12(11)22-13/h2-3,5,7-9H,4,6H2,1H3,(H,20,23)(H2,16,18,19)(H,17,21,22)/t9-/m0/s1. The number of hydrogen-bond acceptors (Lipinski definition) is 7. The minimum Gasteiger partial charge on any atom is -0.490 e. The summed E-state index contributed by atoms with van der Waals surface area (Å²) >= 11 is 0. The van der Waals surface area contributed by atoms with E-state index in [0.29, 0.717) is 24.4 Å². The maximum atomic E-state index is 12.2. The molecular formula is C15H17N7O2. The average Bonchev–Trinajstić information content (AvgIpc) is 3.01. The number of nitrogens with zero attached hydrogens (tertiary/aromatic N) is 4. The van der Waals surface area contributed by atoms with E-state index in [1.807, 2.05) is 13.0 Å². The van der Waals surface area contributed by atoms with Gasteiger partial charge in [0.25, 0.3) is 5.91 Å². The molecule has 0 saturated heterocycles. The molecule has 9 heteroatoms. The highest BCUT2D eigenvalue weighted by atomic mass is 16.5. The van der Waals surface area contributed by atoms with Crippen LogP contribution < -0.4 is 15.8 Å². The van der Waals surface area contributed by atoms with Crippen molar-refractivity contribution in [2.45, 2.75) is 19.4 Å². The van der Waals surface area contributed by atoms with Crippen LogP contribution in [0.1, 0.15) is 24.0 Å². The summed E-state index contributed by atoms with van der Waals surface area (Å²) in [5, 5.41) is 2.86. The highest BCUT2D eigenvalue weighted by Gasteiger charge is 2.14. The van der Waals surface area contributed by atoms with Crippen LogP contribution in [0.5, 0.6) is 5.75 Å². The molecule has 3 heterocycles. The number of H-pyrrole nitrogens is 1. The number of nitrogens with one attached hydrogen (secondary N) is 2. The van der Waals surface area contributed by atoms with E-state index >= 15 is 0 Å². The topological polar surface area (TPSA) is 132 Å². The fraction of sp³-hybridized carbons (Fsp3) is 0.267. The average molecular weight is 327 g/mol. The van der Waals surface area contributed by atoms with E-state index in [1.54, 1.807) is 12.3 Å². The molecule has 3 rings (SSSR count). The molecular weight excluding hydrogens is 310 g/mol. The van der Waals surface area contributed by atoms with Crippen LogP contribution in [-0.2, 0) is 0 Å². The Labute approximate surface area is 137 Å². The summed E-state index contributed by atoms with van der Waals surface area (Å²) in [4.78, 5) is 31.1. The molecule has 0 unspecified atom stereocenters. The predicted octanol–water partition coefficient (Wildman–Crippen LogP) is 0.917. The first-order valence-electron chi connectivity index (χ1n) is 7.44. The van der Waals surface area contributed by atoms with Crippen molar-refractivity contribution in [1.29, 1.82) is 0 Å². The Morgan fingerprint density at radius 1 is 1.38 bits per heavy atom. The molecule has 0 bridgehead atoms. The second kappa shape index (κ2) is 6.90. The van der Waals surface area contributed by atoms with Crippen LogP contribution in [0.4, 0.5) is 5.95 Å². The van der Waals surface area contributed by atoms with Gasteiger partial charge in [-0.25, -0.2) is 19.9 Å². The van der Waals surface area contributed by atoms with E-state index in [2.05, 4.69) is 30.2 Å². The molecule has 4 N–H and O–H groups in total. The highest BCUT2D eigenvalue weighted by Crippen LogP contribution is 2.09. The molecule has 1 atom stereocenters. The SMILES string of the molecule is C[C@@H](CCOc1cnc(N)nc1)NC(=O)c1nc2ncccc2[nH]1. The van der Waals surface area contributed by atoms with Crippen molar-refractivity contribution >= 4 is 23.0 Å². The van der Waals surface area contributed by atoms with Gasteiger partial charge in [-0.1, -0.05) is 0 Å². The van der Waals surface area contributed by atoms with Crippen LogP contribution in [0.3, 0.4) is 0 Å². The lowest BCUT2D eigenvalue weighted by Gasteiger charge is -2.13. The Balaban J connectivity index is 1.49. The minimum atomic E-state index is -0.281. The van der Waals surface area contributed by atoms with Crippen molar-refractivity contribution in [3.05, 3.63) is 36.5 Å². The summed E-state index contributed by atoms with van der Waals surface area (Å²) in [7, 11) is 0. The van der Waals surface area contributed by atoms with E-state index < -0.39 is 0 Å². The Bertz CT molecular complexity index is 798. The Morgan fingerprint density at radius 3 is 2.92 bits per heavy atom. The van der Waals surface area contributed by atoms with Gasteiger partial charge in [0.15, 0.2) is 17.2 Å². The van der Waals surface area contributed by atoms with Gasteiger partial charge in [-0.05, 0) is 19.1 Å². The molecule has 24 heavy (non-hydrogen) atoms. The first kappa shape index (κ1) is 15.7. The van der Waals surface area contributed by atoms with Gasteiger partial charge in [0, 0.05) is 18.7 Å². The number of nitrogens with two attached hydrogens (primary N) is 1. The molecule has 0 spiro atoms. The quantitative estimate of drug-likeness (QED) is 0.613. The lowest BCUT2D eigenvalue weighted by molar-refractivity contribution is 0.0926. The molecule has 0 aliphatic rings. The van der Waals surface area contributed by atoms with Gasteiger partial charge >= 0.3 is 0 Å². The summed E-state index contributed by atoms with van der Waals surface area (Å²) in [6.45, 7) is 2.30. The zero-order valence-electron chi connectivity index (χ0n) is 13.1. The Kier molecular flexibility index (Phi) is 4.50. The second-order valence-corrected chi connectivity index (χ2v) is 5.25. The number of aromatic amines is 1. The molecule has 0 aliphatic carbocycles. The number of ether oxygens (including phenoxy) is 1. The third-order valence-corrected chi connectivity index (χ3v) is 3.32. The summed E-state index contributed by atoms with van der Waals surface area (Å²) in [5.74, 6) is 0.689. The Hall–Kier alpha value is -3.23. The maximum absolute atomic E-state index is 12.2.